The summed E-state index contributed by atoms with van der Waals surface area (Å²) in [5, 5.41) is 0. The summed E-state index contributed by atoms with van der Waals surface area (Å²) >= 11 is 0. The van der Waals surface area contributed by atoms with Crippen molar-refractivity contribution in [3.63, 3.8) is 0 Å². The minimum Gasteiger partial charge on any atom is -0.748 e. The van der Waals surface area contributed by atoms with Gasteiger partial charge in [-0.25, -0.2) is 8.42 Å². The third-order valence-corrected chi connectivity index (χ3v) is 4.44. The van der Waals surface area contributed by atoms with Crippen LogP contribution in [0.25, 0.3) is 0 Å². The second-order valence-corrected chi connectivity index (χ2v) is 7.12. The van der Waals surface area contributed by atoms with Crippen LogP contribution >= 0.6 is 0 Å². The molecule has 6 heteroatoms. The van der Waals surface area contributed by atoms with Gasteiger partial charge in [0.25, 0.3) is 0 Å². The number of hydrogen-bond donors (Lipinski definition) is 0. The predicted octanol–water partition coefficient (Wildman–Crippen LogP) is 0.662. The zero-order valence-corrected chi connectivity index (χ0v) is 16.7. The number of carbonyl (C=O) groups excluding carboxylic acids is 1. The van der Waals surface area contributed by atoms with Gasteiger partial charge in [-0.05, 0) is 6.42 Å². The number of Topliss-reactive ketones (excluding diaryl/α,β-unsaturated/α-hetero) is 1. The first kappa shape index (κ1) is 23.8. The Morgan fingerprint density at radius 2 is 1.38 bits per heavy atom. The monoisotopic (exact) mass is 328 g/mol. The fourth-order valence-electron chi connectivity index (χ4n) is 2.26. The van der Waals surface area contributed by atoms with Gasteiger partial charge in [-0.15, -0.1) is 0 Å². The first-order chi connectivity index (χ1) is 9.37. The van der Waals surface area contributed by atoms with Crippen LogP contribution < -0.4 is 29.6 Å². The molecule has 4 nitrogen and oxygen atoms in total. The summed E-state index contributed by atoms with van der Waals surface area (Å²) in [6.45, 7) is 3.72. The molecule has 0 radical (unpaired) electrons. The molecule has 0 fully saturated rings. The number of ketones is 1. The van der Waals surface area contributed by atoms with Gasteiger partial charge in [0.05, 0.1) is 10.1 Å². The van der Waals surface area contributed by atoms with Gasteiger partial charge in [0.1, 0.15) is 5.78 Å². The van der Waals surface area contributed by atoms with Gasteiger partial charge >= 0.3 is 29.6 Å². The number of carbonyl (C=O) groups is 1. The van der Waals surface area contributed by atoms with Crippen LogP contribution in [0.5, 0.6) is 0 Å². The van der Waals surface area contributed by atoms with Crippen LogP contribution in [-0.4, -0.2) is 24.5 Å². The van der Waals surface area contributed by atoms with Crippen LogP contribution in [0.1, 0.15) is 78.1 Å². The van der Waals surface area contributed by atoms with Crippen molar-refractivity contribution in [2.24, 2.45) is 5.92 Å². The van der Waals surface area contributed by atoms with Gasteiger partial charge in [-0.1, -0.05) is 65.2 Å². The molecule has 0 aliphatic carbocycles. The van der Waals surface area contributed by atoms with Crippen molar-refractivity contribution in [2.75, 3.05) is 5.75 Å². The average molecular weight is 328 g/mol. The van der Waals surface area contributed by atoms with Crippen molar-refractivity contribution < 1.29 is 47.3 Å². The Bertz CT molecular complexity index is 355. The minimum absolute atomic E-state index is 0. The molecule has 0 heterocycles. The van der Waals surface area contributed by atoms with Gasteiger partial charge < -0.3 is 4.55 Å². The second-order valence-electron chi connectivity index (χ2n) is 5.67. The third kappa shape index (κ3) is 16.8. The Morgan fingerprint density at radius 1 is 0.952 bits per heavy atom. The Morgan fingerprint density at radius 3 is 1.81 bits per heavy atom. The van der Waals surface area contributed by atoms with E-state index in [4.69, 9.17) is 0 Å². The molecule has 0 bridgehead atoms. The molecule has 0 aromatic heterocycles. The molecule has 1 atom stereocenters. The summed E-state index contributed by atoms with van der Waals surface area (Å²) in [6, 6.07) is 0. The van der Waals surface area contributed by atoms with E-state index >= 15 is 0 Å². The molecule has 0 amide bonds. The van der Waals surface area contributed by atoms with E-state index in [9.17, 15) is 17.8 Å². The zero-order chi connectivity index (χ0) is 15.4. The van der Waals surface area contributed by atoms with E-state index in [1.54, 1.807) is 0 Å². The summed E-state index contributed by atoms with van der Waals surface area (Å²) in [5.41, 5.74) is 0. The molecule has 0 saturated carbocycles. The first-order valence-corrected chi connectivity index (χ1v) is 9.41. The fraction of sp³-hybridized carbons (Fsp3) is 0.933. The molecule has 0 aromatic rings. The average Bonchev–Trinajstić information content (AvgIpc) is 2.34. The molecule has 0 aliphatic heterocycles. The van der Waals surface area contributed by atoms with Crippen molar-refractivity contribution in [1.82, 2.24) is 0 Å². The molecule has 0 spiro atoms. The Labute approximate surface area is 152 Å². The van der Waals surface area contributed by atoms with Crippen LogP contribution in [0.4, 0.5) is 0 Å². The predicted molar refractivity (Wildman–Crippen MR) is 80.6 cm³/mol. The molecule has 0 aromatic carbocycles. The molecule has 1 unspecified atom stereocenters. The molecular formula is C15H29NaO4S. The molecule has 0 rings (SSSR count). The van der Waals surface area contributed by atoms with Crippen LogP contribution in [0.2, 0.25) is 0 Å². The van der Waals surface area contributed by atoms with Crippen LogP contribution in [0.3, 0.4) is 0 Å². The topological polar surface area (TPSA) is 74.3 Å². The van der Waals surface area contributed by atoms with Crippen molar-refractivity contribution in [2.45, 2.75) is 78.1 Å². The van der Waals surface area contributed by atoms with Gasteiger partial charge in [0, 0.05) is 18.1 Å². The number of hydrogen-bond acceptors (Lipinski definition) is 4. The van der Waals surface area contributed by atoms with Gasteiger partial charge in [-0.3, -0.25) is 4.79 Å². The van der Waals surface area contributed by atoms with Crippen molar-refractivity contribution in [1.29, 1.82) is 0 Å². The third-order valence-electron chi connectivity index (χ3n) is 3.53. The maximum Gasteiger partial charge on any atom is 1.00 e. The van der Waals surface area contributed by atoms with E-state index in [1.165, 1.54) is 45.4 Å². The van der Waals surface area contributed by atoms with Crippen LogP contribution in [-0.2, 0) is 14.9 Å². The van der Waals surface area contributed by atoms with Crippen LogP contribution in [0.15, 0.2) is 0 Å². The van der Waals surface area contributed by atoms with Crippen molar-refractivity contribution in [3.05, 3.63) is 0 Å². The van der Waals surface area contributed by atoms with E-state index in [2.05, 4.69) is 6.92 Å². The smallest absolute Gasteiger partial charge is 0.748 e. The standard InChI is InChI=1S/C15H30O4S.Na/c1-3-4-5-6-7-8-9-10-11-12-15(16)14(2)13-20(17,18)19;/h14H,3-13H2,1-2H3,(H,17,18,19);/q;+1/p-1. The summed E-state index contributed by atoms with van der Waals surface area (Å²) in [5.74, 6) is -1.33. The van der Waals surface area contributed by atoms with E-state index in [0.717, 1.165) is 19.3 Å². The number of rotatable bonds is 13. The second kappa shape index (κ2) is 14.2. The zero-order valence-electron chi connectivity index (χ0n) is 13.9. The molecule has 0 N–H and O–H groups in total. The Hall–Kier alpha value is 0.580. The van der Waals surface area contributed by atoms with Crippen LogP contribution in [0, 0.1) is 5.92 Å². The molecule has 21 heavy (non-hydrogen) atoms. The van der Waals surface area contributed by atoms with Gasteiger partial charge in [-0.2, -0.15) is 0 Å². The first-order valence-electron chi connectivity index (χ1n) is 7.83. The van der Waals surface area contributed by atoms with Crippen molar-refractivity contribution in [3.8, 4) is 0 Å². The summed E-state index contributed by atoms with van der Waals surface area (Å²) < 4.78 is 31.7. The summed E-state index contributed by atoms with van der Waals surface area (Å²) in [4.78, 5) is 11.6. The number of unbranched alkanes of at least 4 members (excludes halogenated alkanes) is 8. The maximum atomic E-state index is 11.6. The SMILES string of the molecule is CCCCCCCCCCCC(=O)C(C)CS(=O)(=O)[O-].[Na+]. The maximum absolute atomic E-state index is 11.6. The van der Waals surface area contributed by atoms with Crippen molar-refractivity contribution >= 4 is 15.9 Å². The van der Waals surface area contributed by atoms with E-state index in [1.807, 2.05) is 0 Å². The Kier molecular flexibility index (Phi) is 16.1. The normalized spacial score (nSPS) is 12.7. The Balaban J connectivity index is 0. The van der Waals surface area contributed by atoms with Gasteiger partial charge in [0.2, 0.25) is 0 Å². The quantitative estimate of drug-likeness (QED) is 0.283. The summed E-state index contributed by atoms with van der Waals surface area (Å²) in [7, 11) is -4.29. The van der Waals surface area contributed by atoms with Gasteiger partial charge in [0.15, 0.2) is 0 Å². The summed E-state index contributed by atoms with van der Waals surface area (Å²) in [6.07, 6.45) is 11.0. The fourth-order valence-corrected chi connectivity index (χ4v) is 3.05. The minimum atomic E-state index is -4.29. The molecule has 0 saturated heterocycles. The molecular weight excluding hydrogens is 299 g/mol. The van der Waals surface area contributed by atoms with E-state index < -0.39 is 21.8 Å². The van der Waals surface area contributed by atoms with E-state index in [0.29, 0.717) is 6.42 Å². The van der Waals surface area contributed by atoms with E-state index in [-0.39, 0.29) is 35.3 Å². The largest absolute Gasteiger partial charge is 1.00 e. The molecule has 0 aliphatic rings. The molecule has 120 valence electrons.